The van der Waals surface area contributed by atoms with Gasteiger partial charge in [-0.1, -0.05) is 0 Å². The van der Waals surface area contributed by atoms with Crippen LogP contribution in [0.5, 0.6) is 0 Å². The fraction of sp³-hybridized carbons (Fsp3) is 0. The molecule has 0 fully saturated rings. The van der Waals surface area contributed by atoms with Crippen LogP contribution in [0.15, 0.2) is 41.0 Å². The summed E-state index contributed by atoms with van der Waals surface area (Å²) in [5, 5.41) is 0. The molecule has 0 aromatic carbocycles. The highest BCUT2D eigenvalue weighted by atomic mass is 16.3. The van der Waals surface area contributed by atoms with Crippen molar-refractivity contribution in [1.82, 2.24) is 9.97 Å². The Morgan fingerprint density at radius 2 is 1.71 bits per heavy atom. The van der Waals surface area contributed by atoms with Crippen LogP contribution in [0, 0.1) is 0 Å². The Labute approximate surface area is 97.1 Å². The molecule has 0 atom stereocenters. The lowest BCUT2D eigenvalue weighted by molar-refractivity contribution is 0.615. The second kappa shape index (κ2) is 3.48. The molecule has 0 radical (unpaired) electrons. The molecule has 0 spiro atoms. The van der Waals surface area contributed by atoms with Gasteiger partial charge in [0.25, 0.3) is 0 Å². The number of nitrogen functional groups attached to an aromatic ring is 2. The molecule has 5 nitrogen and oxygen atoms in total. The number of fused-ring (bicyclic) bond motifs is 1. The quantitative estimate of drug-likeness (QED) is 0.662. The maximum absolute atomic E-state index is 5.65. The summed E-state index contributed by atoms with van der Waals surface area (Å²) in [4.78, 5) is 8.38. The van der Waals surface area contributed by atoms with E-state index in [-0.39, 0.29) is 0 Å². The van der Waals surface area contributed by atoms with E-state index in [2.05, 4.69) is 9.97 Å². The topological polar surface area (TPSA) is 91.0 Å². The molecule has 3 heterocycles. The van der Waals surface area contributed by atoms with Gasteiger partial charge in [-0.2, -0.15) is 0 Å². The van der Waals surface area contributed by atoms with Crippen molar-refractivity contribution in [3.63, 3.8) is 0 Å². The smallest absolute Gasteiger partial charge is 0.152 e. The standard InChI is InChI=1S/C12H10N4O/c13-11-5-7(6-12(14)16-11)8-1-2-10-9(15-8)3-4-17-10/h1-6H,(H4,13,14,16). The molecule has 0 saturated carbocycles. The monoisotopic (exact) mass is 226 g/mol. The zero-order valence-electron chi connectivity index (χ0n) is 8.92. The van der Waals surface area contributed by atoms with E-state index < -0.39 is 0 Å². The Morgan fingerprint density at radius 1 is 0.941 bits per heavy atom. The Morgan fingerprint density at radius 3 is 2.47 bits per heavy atom. The van der Waals surface area contributed by atoms with Crippen LogP contribution >= 0.6 is 0 Å². The van der Waals surface area contributed by atoms with Gasteiger partial charge in [-0.15, -0.1) is 0 Å². The molecule has 0 saturated heterocycles. The second-order valence-electron chi connectivity index (χ2n) is 3.71. The highest BCUT2D eigenvalue weighted by Crippen LogP contribution is 2.23. The molecule has 0 bridgehead atoms. The maximum Gasteiger partial charge on any atom is 0.152 e. The Balaban J connectivity index is 2.19. The first-order chi connectivity index (χ1) is 8.22. The summed E-state index contributed by atoms with van der Waals surface area (Å²) in [5.74, 6) is 0.767. The van der Waals surface area contributed by atoms with E-state index in [4.69, 9.17) is 15.9 Å². The summed E-state index contributed by atoms with van der Waals surface area (Å²) in [6.45, 7) is 0. The molecule has 5 heteroatoms. The lowest BCUT2D eigenvalue weighted by Crippen LogP contribution is -1.97. The minimum Gasteiger partial charge on any atom is -0.463 e. The number of anilines is 2. The Kier molecular flexibility index (Phi) is 1.98. The number of nitrogens with two attached hydrogens (primary N) is 2. The lowest BCUT2D eigenvalue weighted by atomic mass is 10.1. The largest absolute Gasteiger partial charge is 0.463 e. The van der Waals surface area contributed by atoms with Gasteiger partial charge in [-0.05, 0) is 24.3 Å². The zero-order chi connectivity index (χ0) is 11.8. The molecule has 3 rings (SSSR count). The predicted octanol–water partition coefficient (Wildman–Crippen LogP) is 2.05. The fourth-order valence-corrected chi connectivity index (χ4v) is 1.74. The van der Waals surface area contributed by atoms with Crippen LogP contribution in [0.1, 0.15) is 0 Å². The van der Waals surface area contributed by atoms with E-state index in [0.29, 0.717) is 11.6 Å². The minimum absolute atomic E-state index is 0.383. The van der Waals surface area contributed by atoms with Gasteiger partial charge in [0.15, 0.2) is 5.58 Å². The fourth-order valence-electron chi connectivity index (χ4n) is 1.74. The second-order valence-corrected chi connectivity index (χ2v) is 3.71. The van der Waals surface area contributed by atoms with E-state index in [0.717, 1.165) is 22.4 Å². The van der Waals surface area contributed by atoms with E-state index >= 15 is 0 Å². The molecule has 84 valence electrons. The van der Waals surface area contributed by atoms with Crippen LogP contribution < -0.4 is 11.5 Å². The van der Waals surface area contributed by atoms with Gasteiger partial charge in [-0.3, -0.25) is 0 Å². The molecule has 0 unspecified atom stereocenters. The zero-order valence-corrected chi connectivity index (χ0v) is 8.92. The van der Waals surface area contributed by atoms with Crippen molar-refractivity contribution in [2.24, 2.45) is 0 Å². The first-order valence-electron chi connectivity index (χ1n) is 5.10. The van der Waals surface area contributed by atoms with Crippen LogP contribution in [0.3, 0.4) is 0 Å². The van der Waals surface area contributed by atoms with Crippen molar-refractivity contribution in [1.29, 1.82) is 0 Å². The summed E-state index contributed by atoms with van der Waals surface area (Å²) < 4.78 is 5.23. The summed E-state index contributed by atoms with van der Waals surface area (Å²) in [6, 6.07) is 9.02. The summed E-state index contributed by atoms with van der Waals surface area (Å²) in [7, 11) is 0. The van der Waals surface area contributed by atoms with Crippen molar-refractivity contribution in [3.8, 4) is 11.3 Å². The number of hydrogen-bond acceptors (Lipinski definition) is 5. The van der Waals surface area contributed by atoms with E-state index in [9.17, 15) is 0 Å². The van der Waals surface area contributed by atoms with Crippen LogP contribution in [0.2, 0.25) is 0 Å². The van der Waals surface area contributed by atoms with E-state index in [1.54, 1.807) is 18.4 Å². The molecule has 3 aromatic rings. The maximum atomic E-state index is 5.65. The van der Waals surface area contributed by atoms with Gasteiger partial charge >= 0.3 is 0 Å². The van der Waals surface area contributed by atoms with Gasteiger partial charge in [-0.25, -0.2) is 9.97 Å². The van der Waals surface area contributed by atoms with Crippen LogP contribution in [0.4, 0.5) is 11.6 Å². The number of nitrogens with zero attached hydrogens (tertiary/aromatic N) is 2. The van der Waals surface area contributed by atoms with Crippen molar-refractivity contribution in [3.05, 3.63) is 36.6 Å². The molecule has 4 N–H and O–H groups in total. The molecular formula is C12H10N4O. The molecule has 0 aliphatic carbocycles. The van der Waals surface area contributed by atoms with Crippen molar-refractivity contribution in [2.45, 2.75) is 0 Å². The summed E-state index contributed by atoms with van der Waals surface area (Å²) in [5.41, 5.74) is 14.5. The van der Waals surface area contributed by atoms with E-state index in [1.165, 1.54) is 0 Å². The molecule has 3 aromatic heterocycles. The highest BCUT2D eigenvalue weighted by Gasteiger charge is 2.05. The lowest BCUT2D eigenvalue weighted by Gasteiger charge is -2.03. The van der Waals surface area contributed by atoms with Gasteiger partial charge in [0.1, 0.15) is 17.2 Å². The Bertz CT molecular complexity index is 670. The van der Waals surface area contributed by atoms with Crippen molar-refractivity contribution >= 4 is 22.7 Å². The summed E-state index contributed by atoms with van der Waals surface area (Å²) >= 11 is 0. The minimum atomic E-state index is 0.383. The number of furan rings is 1. The summed E-state index contributed by atoms with van der Waals surface area (Å²) in [6.07, 6.45) is 1.61. The number of hydrogen-bond donors (Lipinski definition) is 2. The van der Waals surface area contributed by atoms with E-state index in [1.807, 2.05) is 18.2 Å². The van der Waals surface area contributed by atoms with Gasteiger partial charge in [0, 0.05) is 11.6 Å². The normalized spacial score (nSPS) is 10.8. The van der Waals surface area contributed by atoms with Gasteiger partial charge < -0.3 is 15.9 Å². The first-order valence-corrected chi connectivity index (χ1v) is 5.10. The van der Waals surface area contributed by atoms with Crippen molar-refractivity contribution < 1.29 is 4.42 Å². The highest BCUT2D eigenvalue weighted by molar-refractivity contribution is 5.77. The number of rotatable bonds is 1. The average molecular weight is 226 g/mol. The number of pyridine rings is 2. The SMILES string of the molecule is Nc1cc(-c2ccc3occc3n2)cc(N)n1. The van der Waals surface area contributed by atoms with Gasteiger partial charge in [0.05, 0.1) is 12.0 Å². The van der Waals surface area contributed by atoms with Crippen molar-refractivity contribution in [2.75, 3.05) is 11.5 Å². The molecule has 0 aliphatic heterocycles. The Hall–Kier alpha value is -2.56. The molecule has 0 amide bonds. The third-order valence-corrected chi connectivity index (χ3v) is 2.47. The van der Waals surface area contributed by atoms with Crippen LogP contribution in [-0.4, -0.2) is 9.97 Å². The molecular weight excluding hydrogens is 216 g/mol. The van der Waals surface area contributed by atoms with Crippen LogP contribution in [0.25, 0.3) is 22.4 Å². The van der Waals surface area contributed by atoms with Gasteiger partial charge in [0.2, 0.25) is 0 Å². The predicted molar refractivity (Wildman–Crippen MR) is 66.1 cm³/mol. The number of aromatic nitrogens is 2. The van der Waals surface area contributed by atoms with Crippen LogP contribution in [-0.2, 0) is 0 Å². The first kappa shape index (κ1) is 9.65. The molecule has 0 aliphatic rings. The average Bonchev–Trinajstić information content (AvgIpc) is 2.74. The third kappa shape index (κ3) is 1.67. The third-order valence-electron chi connectivity index (χ3n) is 2.47. The molecule has 17 heavy (non-hydrogen) atoms.